The van der Waals surface area contributed by atoms with Gasteiger partial charge in [-0.25, -0.2) is 0 Å². The second-order valence-electron chi connectivity index (χ2n) is 5.06. The summed E-state index contributed by atoms with van der Waals surface area (Å²) in [5, 5.41) is 11.8. The monoisotopic (exact) mass is 346 g/mol. The van der Waals surface area contributed by atoms with Gasteiger partial charge in [0.1, 0.15) is 0 Å². The summed E-state index contributed by atoms with van der Waals surface area (Å²) >= 11 is 9.28. The molecule has 1 N–H and O–H groups in total. The number of hydrogen-bond donors (Lipinski definition) is 1. The van der Waals surface area contributed by atoms with Crippen molar-refractivity contribution in [1.82, 2.24) is 0 Å². The van der Waals surface area contributed by atoms with Crippen LogP contribution in [0.4, 0.5) is 0 Å². The zero-order chi connectivity index (χ0) is 13.9. The second kappa shape index (κ2) is 10.7. The van der Waals surface area contributed by atoms with Crippen LogP contribution in [0.15, 0.2) is 24.3 Å². The van der Waals surface area contributed by atoms with Gasteiger partial charge in [-0.15, -0.1) is 0 Å². The Morgan fingerprint density at radius 1 is 0.947 bits per heavy atom. The van der Waals surface area contributed by atoms with Gasteiger partial charge >= 0.3 is 0 Å². The fourth-order valence-corrected chi connectivity index (χ4v) is 2.66. The summed E-state index contributed by atoms with van der Waals surface area (Å²) < 4.78 is 0. The molecular formula is C16H24BrClO. The van der Waals surface area contributed by atoms with E-state index < -0.39 is 0 Å². The summed E-state index contributed by atoms with van der Waals surface area (Å²) in [7, 11) is 0. The standard InChI is InChI=1S/C16H24BrClO/c17-13-5-3-1-2-4-6-16(19)12-9-14-7-10-15(18)11-8-14/h7-8,10-11,16,19H,1-6,9,12-13H2. The first kappa shape index (κ1) is 17.0. The number of aryl methyl sites for hydroxylation is 1. The maximum absolute atomic E-state index is 9.93. The van der Waals surface area contributed by atoms with E-state index in [0.717, 1.165) is 36.0 Å². The number of unbranched alkanes of at least 4 members (excludes halogenated alkanes) is 4. The van der Waals surface area contributed by atoms with E-state index in [9.17, 15) is 5.11 Å². The van der Waals surface area contributed by atoms with Crippen LogP contribution in [0.2, 0.25) is 5.02 Å². The fourth-order valence-electron chi connectivity index (χ4n) is 2.13. The lowest BCUT2D eigenvalue weighted by Crippen LogP contribution is -2.07. The zero-order valence-electron chi connectivity index (χ0n) is 11.5. The first-order chi connectivity index (χ1) is 9.22. The minimum Gasteiger partial charge on any atom is -0.393 e. The van der Waals surface area contributed by atoms with Gasteiger partial charge in [-0.2, -0.15) is 0 Å². The van der Waals surface area contributed by atoms with Gasteiger partial charge in [-0.05, 0) is 43.4 Å². The molecule has 0 bridgehead atoms. The number of rotatable bonds is 10. The van der Waals surface area contributed by atoms with Crippen molar-refractivity contribution in [3.05, 3.63) is 34.9 Å². The number of benzene rings is 1. The van der Waals surface area contributed by atoms with Crippen LogP contribution in [-0.2, 0) is 6.42 Å². The lowest BCUT2D eigenvalue weighted by molar-refractivity contribution is 0.151. The van der Waals surface area contributed by atoms with Gasteiger partial charge in [0, 0.05) is 10.4 Å². The number of alkyl halides is 1. The highest BCUT2D eigenvalue weighted by molar-refractivity contribution is 9.09. The Balaban J connectivity index is 2.04. The smallest absolute Gasteiger partial charge is 0.0543 e. The van der Waals surface area contributed by atoms with Gasteiger partial charge in [0.05, 0.1) is 6.10 Å². The maximum Gasteiger partial charge on any atom is 0.0543 e. The van der Waals surface area contributed by atoms with Crippen LogP contribution in [0.5, 0.6) is 0 Å². The highest BCUT2D eigenvalue weighted by Gasteiger charge is 2.04. The number of aliphatic hydroxyl groups excluding tert-OH is 1. The van der Waals surface area contributed by atoms with Crippen molar-refractivity contribution in [3.63, 3.8) is 0 Å². The Labute approximate surface area is 130 Å². The van der Waals surface area contributed by atoms with Gasteiger partial charge in [0.25, 0.3) is 0 Å². The molecule has 0 saturated carbocycles. The molecule has 0 aliphatic carbocycles. The van der Waals surface area contributed by atoms with Gasteiger partial charge in [-0.1, -0.05) is 65.3 Å². The van der Waals surface area contributed by atoms with E-state index in [1.165, 1.54) is 31.2 Å². The molecule has 0 radical (unpaired) electrons. The fraction of sp³-hybridized carbons (Fsp3) is 0.625. The predicted octanol–water partition coefficient (Wildman–Crippen LogP) is 5.37. The molecule has 108 valence electrons. The molecule has 1 atom stereocenters. The Kier molecular flexibility index (Phi) is 9.58. The van der Waals surface area contributed by atoms with E-state index in [0.29, 0.717) is 0 Å². The van der Waals surface area contributed by atoms with Crippen LogP contribution in [0.25, 0.3) is 0 Å². The van der Waals surface area contributed by atoms with Crippen LogP contribution >= 0.6 is 27.5 Å². The second-order valence-corrected chi connectivity index (χ2v) is 6.29. The van der Waals surface area contributed by atoms with Gasteiger partial charge in [0.15, 0.2) is 0 Å². The molecule has 3 heteroatoms. The topological polar surface area (TPSA) is 20.2 Å². The van der Waals surface area contributed by atoms with Gasteiger partial charge in [-0.3, -0.25) is 0 Å². The summed E-state index contributed by atoms with van der Waals surface area (Å²) in [6, 6.07) is 7.89. The molecule has 0 aromatic heterocycles. The normalized spacial score (nSPS) is 12.6. The molecule has 1 unspecified atom stereocenters. The molecule has 0 saturated heterocycles. The van der Waals surface area contributed by atoms with E-state index >= 15 is 0 Å². The first-order valence-electron chi connectivity index (χ1n) is 7.21. The van der Waals surface area contributed by atoms with Gasteiger partial charge < -0.3 is 5.11 Å². The van der Waals surface area contributed by atoms with E-state index in [-0.39, 0.29) is 6.10 Å². The summed E-state index contributed by atoms with van der Waals surface area (Å²) in [5.41, 5.74) is 1.25. The lowest BCUT2D eigenvalue weighted by atomic mass is 10.0. The first-order valence-corrected chi connectivity index (χ1v) is 8.71. The Morgan fingerprint density at radius 3 is 2.26 bits per heavy atom. The highest BCUT2D eigenvalue weighted by atomic mass is 79.9. The van der Waals surface area contributed by atoms with Gasteiger partial charge in [0.2, 0.25) is 0 Å². The van der Waals surface area contributed by atoms with E-state index in [1.54, 1.807) is 0 Å². The SMILES string of the molecule is OC(CCCCCCCBr)CCc1ccc(Cl)cc1. The Morgan fingerprint density at radius 2 is 1.58 bits per heavy atom. The van der Waals surface area contributed by atoms with E-state index in [2.05, 4.69) is 15.9 Å². The zero-order valence-corrected chi connectivity index (χ0v) is 13.8. The largest absolute Gasteiger partial charge is 0.393 e. The molecule has 1 aromatic carbocycles. The highest BCUT2D eigenvalue weighted by Crippen LogP contribution is 2.14. The summed E-state index contributed by atoms with van der Waals surface area (Å²) in [4.78, 5) is 0. The third-order valence-electron chi connectivity index (χ3n) is 3.35. The summed E-state index contributed by atoms with van der Waals surface area (Å²) in [6.45, 7) is 0. The Hall–Kier alpha value is -0.0500. The molecule has 1 nitrogen and oxygen atoms in total. The molecule has 0 aliphatic rings. The van der Waals surface area contributed by atoms with Crippen LogP contribution in [0.3, 0.4) is 0 Å². The van der Waals surface area contributed by atoms with Crippen molar-refractivity contribution in [3.8, 4) is 0 Å². The third-order valence-corrected chi connectivity index (χ3v) is 4.16. The number of halogens is 2. The third kappa shape index (κ3) is 8.67. The average molecular weight is 348 g/mol. The Bertz CT molecular complexity index is 326. The van der Waals surface area contributed by atoms with E-state index in [4.69, 9.17) is 11.6 Å². The quantitative estimate of drug-likeness (QED) is 0.445. The summed E-state index contributed by atoms with van der Waals surface area (Å²) in [5.74, 6) is 0. The predicted molar refractivity (Wildman–Crippen MR) is 87.3 cm³/mol. The van der Waals surface area contributed by atoms with Crippen molar-refractivity contribution < 1.29 is 5.11 Å². The van der Waals surface area contributed by atoms with Crippen LogP contribution in [-0.4, -0.2) is 16.5 Å². The summed E-state index contributed by atoms with van der Waals surface area (Å²) in [6.07, 6.45) is 8.79. The number of hydrogen-bond acceptors (Lipinski definition) is 1. The van der Waals surface area contributed by atoms with Crippen molar-refractivity contribution in [1.29, 1.82) is 0 Å². The van der Waals surface area contributed by atoms with Crippen molar-refractivity contribution in [2.75, 3.05) is 5.33 Å². The van der Waals surface area contributed by atoms with Crippen LogP contribution < -0.4 is 0 Å². The molecule has 0 heterocycles. The molecule has 0 fully saturated rings. The minimum absolute atomic E-state index is 0.160. The molecule has 0 spiro atoms. The van der Waals surface area contributed by atoms with Crippen molar-refractivity contribution in [2.45, 2.75) is 57.5 Å². The maximum atomic E-state index is 9.93. The molecule has 0 aliphatic heterocycles. The average Bonchev–Trinajstić information content (AvgIpc) is 2.42. The van der Waals surface area contributed by atoms with E-state index in [1.807, 2.05) is 24.3 Å². The number of aliphatic hydroxyl groups is 1. The van der Waals surface area contributed by atoms with Crippen LogP contribution in [0.1, 0.15) is 50.5 Å². The molecular weight excluding hydrogens is 324 g/mol. The molecule has 1 rings (SSSR count). The molecule has 19 heavy (non-hydrogen) atoms. The van der Waals surface area contributed by atoms with Crippen LogP contribution in [0, 0.1) is 0 Å². The van der Waals surface area contributed by atoms with Crippen molar-refractivity contribution in [2.24, 2.45) is 0 Å². The lowest BCUT2D eigenvalue weighted by Gasteiger charge is -2.10. The molecule has 1 aromatic rings. The molecule has 0 amide bonds. The minimum atomic E-state index is -0.160. The van der Waals surface area contributed by atoms with Crippen molar-refractivity contribution >= 4 is 27.5 Å².